The summed E-state index contributed by atoms with van der Waals surface area (Å²) < 4.78 is 10.4. The molecule has 0 amide bonds. The van der Waals surface area contributed by atoms with Gasteiger partial charge in [0.2, 0.25) is 0 Å². The Balaban J connectivity index is 0.00000576. The number of aliphatic imine (C=N–C) groups is 1. The van der Waals surface area contributed by atoms with Crippen molar-refractivity contribution >= 4 is 29.9 Å². The van der Waals surface area contributed by atoms with E-state index in [1.807, 2.05) is 0 Å². The highest BCUT2D eigenvalue weighted by molar-refractivity contribution is 14.0. The van der Waals surface area contributed by atoms with Crippen LogP contribution in [0.25, 0.3) is 0 Å². The molecule has 1 aliphatic rings. The molecular formula is C18H39IN4O2. The van der Waals surface area contributed by atoms with Crippen LogP contribution in [0.4, 0.5) is 0 Å². The number of ether oxygens (including phenoxy) is 2. The molecule has 0 saturated carbocycles. The van der Waals surface area contributed by atoms with Gasteiger partial charge in [0, 0.05) is 32.8 Å². The van der Waals surface area contributed by atoms with Gasteiger partial charge in [-0.3, -0.25) is 9.89 Å². The number of hydrogen-bond donors (Lipinski definition) is 2. The molecule has 0 aromatic rings. The van der Waals surface area contributed by atoms with Gasteiger partial charge in [-0.05, 0) is 45.2 Å². The van der Waals surface area contributed by atoms with Crippen LogP contribution >= 0.6 is 24.0 Å². The molecular weight excluding hydrogens is 431 g/mol. The SMILES string of the molecule is CCNC(=NCC(C(C)C)N1CCCC1)NCCCOCCOC.I. The Kier molecular flexibility index (Phi) is 16.0. The second-order valence-electron chi connectivity index (χ2n) is 6.66. The van der Waals surface area contributed by atoms with E-state index in [0.717, 1.165) is 38.6 Å². The monoisotopic (exact) mass is 470 g/mol. The lowest BCUT2D eigenvalue weighted by Crippen LogP contribution is -2.42. The summed E-state index contributed by atoms with van der Waals surface area (Å²) in [5.41, 5.74) is 0. The molecule has 0 aromatic carbocycles. The molecule has 0 bridgehead atoms. The zero-order chi connectivity index (χ0) is 17.6. The van der Waals surface area contributed by atoms with E-state index in [1.54, 1.807) is 7.11 Å². The summed E-state index contributed by atoms with van der Waals surface area (Å²) in [6, 6.07) is 0.542. The Morgan fingerprint density at radius 2 is 1.84 bits per heavy atom. The fourth-order valence-corrected chi connectivity index (χ4v) is 2.97. The summed E-state index contributed by atoms with van der Waals surface area (Å²) in [6.07, 6.45) is 3.62. The molecule has 2 N–H and O–H groups in total. The Hall–Kier alpha value is -0.120. The van der Waals surface area contributed by atoms with E-state index in [-0.39, 0.29) is 24.0 Å². The van der Waals surface area contributed by atoms with Crippen molar-refractivity contribution in [2.45, 2.75) is 46.1 Å². The van der Waals surface area contributed by atoms with Crippen LogP contribution in [0.15, 0.2) is 4.99 Å². The molecule has 0 aromatic heterocycles. The highest BCUT2D eigenvalue weighted by Crippen LogP contribution is 2.17. The first-order chi connectivity index (χ1) is 11.7. The van der Waals surface area contributed by atoms with Crippen molar-refractivity contribution in [2.75, 3.05) is 59.7 Å². The molecule has 1 heterocycles. The minimum atomic E-state index is 0. The average Bonchev–Trinajstić information content (AvgIpc) is 3.08. The summed E-state index contributed by atoms with van der Waals surface area (Å²) in [7, 11) is 1.69. The van der Waals surface area contributed by atoms with E-state index in [4.69, 9.17) is 14.5 Å². The minimum absolute atomic E-state index is 0. The third-order valence-electron chi connectivity index (χ3n) is 4.35. The van der Waals surface area contributed by atoms with Crippen LogP contribution < -0.4 is 10.6 Å². The van der Waals surface area contributed by atoms with Crippen LogP contribution in [0.3, 0.4) is 0 Å². The van der Waals surface area contributed by atoms with Gasteiger partial charge in [-0.2, -0.15) is 0 Å². The number of nitrogens with zero attached hydrogens (tertiary/aromatic N) is 2. The van der Waals surface area contributed by atoms with Gasteiger partial charge in [0.1, 0.15) is 0 Å². The second kappa shape index (κ2) is 16.1. The number of hydrogen-bond acceptors (Lipinski definition) is 4. The Morgan fingerprint density at radius 3 is 2.44 bits per heavy atom. The standard InChI is InChI=1S/C18H38N4O2.HI/c1-5-19-18(20-9-8-12-24-14-13-23-4)21-15-17(16(2)3)22-10-6-7-11-22;/h16-17H,5-15H2,1-4H3,(H2,19,20,21);1H. The van der Waals surface area contributed by atoms with Crippen molar-refractivity contribution in [3.63, 3.8) is 0 Å². The second-order valence-corrected chi connectivity index (χ2v) is 6.66. The van der Waals surface area contributed by atoms with Crippen LogP contribution in [-0.2, 0) is 9.47 Å². The zero-order valence-corrected chi connectivity index (χ0v) is 18.9. The molecule has 0 aliphatic carbocycles. The number of rotatable bonds is 12. The predicted molar refractivity (Wildman–Crippen MR) is 116 cm³/mol. The Labute approximate surface area is 171 Å². The largest absolute Gasteiger partial charge is 0.382 e. The van der Waals surface area contributed by atoms with Crippen molar-refractivity contribution < 1.29 is 9.47 Å². The molecule has 1 aliphatic heterocycles. The van der Waals surface area contributed by atoms with E-state index < -0.39 is 0 Å². The Morgan fingerprint density at radius 1 is 1.12 bits per heavy atom. The molecule has 1 atom stereocenters. The van der Waals surface area contributed by atoms with Gasteiger partial charge in [-0.25, -0.2) is 0 Å². The van der Waals surface area contributed by atoms with Crippen molar-refractivity contribution in [1.82, 2.24) is 15.5 Å². The predicted octanol–water partition coefficient (Wildman–Crippen LogP) is 2.33. The van der Waals surface area contributed by atoms with Crippen LogP contribution in [0, 0.1) is 5.92 Å². The molecule has 25 heavy (non-hydrogen) atoms. The smallest absolute Gasteiger partial charge is 0.191 e. The molecule has 150 valence electrons. The minimum Gasteiger partial charge on any atom is -0.382 e. The first-order valence-electron chi connectivity index (χ1n) is 9.52. The van der Waals surface area contributed by atoms with Crippen LogP contribution in [0.1, 0.15) is 40.0 Å². The van der Waals surface area contributed by atoms with Gasteiger partial charge in [0.05, 0.1) is 19.8 Å². The summed E-state index contributed by atoms with van der Waals surface area (Å²) in [5.74, 6) is 1.54. The zero-order valence-electron chi connectivity index (χ0n) is 16.6. The van der Waals surface area contributed by atoms with E-state index in [2.05, 4.69) is 36.3 Å². The lowest BCUT2D eigenvalue weighted by atomic mass is 10.0. The van der Waals surface area contributed by atoms with Crippen molar-refractivity contribution in [1.29, 1.82) is 0 Å². The van der Waals surface area contributed by atoms with Gasteiger partial charge in [0.25, 0.3) is 0 Å². The maximum Gasteiger partial charge on any atom is 0.191 e. The quantitative estimate of drug-likeness (QED) is 0.199. The number of likely N-dealkylation sites (tertiary alicyclic amines) is 1. The van der Waals surface area contributed by atoms with Gasteiger partial charge in [-0.1, -0.05) is 13.8 Å². The Bertz CT molecular complexity index is 337. The van der Waals surface area contributed by atoms with Crippen molar-refractivity contribution in [3.8, 4) is 0 Å². The third kappa shape index (κ3) is 11.2. The molecule has 6 nitrogen and oxygen atoms in total. The highest BCUT2D eigenvalue weighted by Gasteiger charge is 2.24. The normalized spacial score (nSPS) is 16.8. The molecule has 1 rings (SSSR count). The molecule has 1 fully saturated rings. The first-order valence-corrected chi connectivity index (χ1v) is 9.52. The van der Waals surface area contributed by atoms with E-state index >= 15 is 0 Å². The van der Waals surface area contributed by atoms with Crippen molar-refractivity contribution in [3.05, 3.63) is 0 Å². The first kappa shape index (κ1) is 24.9. The summed E-state index contributed by atoms with van der Waals surface area (Å²) in [5, 5.41) is 6.74. The van der Waals surface area contributed by atoms with Crippen LogP contribution in [-0.4, -0.2) is 76.6 Å². The fourth-order valence-electron chi connectivity index (χ4n) is 2.97. The van der Waals surface area contributed by atoms with Gasteiger partial charge in [-0.15, -0.1) is 24.0 Å². The van der Waals surface area contributed by atoms with Crippen LogP contribution in [0.2, 0.25) is 0 Å². The lowest BCUT2D eigenvalue weighted by Gasteiger charge is -2.29. The number of halogens is 1. The highest BCUT2D eigenvalue weighted by atomic mass is 127. The lowest BCUT2D eigenvalue weighted by molar-refractivity contribution is 0.0698. The van der Waals surface area contributed by atoms with Gasteiger partial charge in [0.15, 0.2) is 5.96 Å². The molecule has 0 radical (unpaired) electrons. The fraction of sp³-hybridized carbons (Fsp3) is 0.944. The third-order valence-corrected chi connectivity index (χ3v) is 4.35. The maximum atomic E-state index is 5.48. The van der Waals surface area contributed by atoms with Crippen molar-refractivity contribution in [2.24, 2.45) is 10.9 Å². The van der Waals surface area contributed by atoms with Gasteiger partial charge < -0.3 is 20.1 Å². The van der Waals surface area contributed by atoms with Gasteiger partial charge >= 0.3 is 0 Å². The topological polar surface area (TPSA) is 58.1 Å². The number of nitrogens with one attached hydrogen (secondary N) is 2. The molecule has 1 unspecified atom stereocenters. The number of methoxy groups -OCH3 is 1. The van der Waals surface area contributed by atoms with E-state index in [9.17, 15) is 0 Å². The van der Waals surface area contributed by atoms with E-state index in [0.29, 0.717) is 25.2 Å². The molecule has 1 saturated heterocycles. The van der Waals surface area contributed by atoms with Crippen LogP contribution in [0.5, 0.6) is 0 Å². The summed E-state index contributed by atoms with van der Waals surface area (Å²) in [6.45, 7) is 13.8. The molecule has 0 spiro atoms. The molecule has 7 heteroatoms. The average molecular weight is 470 g/mol. The summed E-state index contributed by atoms with van der Waals surface area (Å²) in [4.78, 5) is 7.42. The summed E-state index contributed by atoms with van der Waals surface area (Å²) >= 11 is 0. The van der Waals surface area contributed by atoms with E-state index in [1.165, 1.54) is 25.9 Å². The number of guanidine groups is 1. The maximum absolute atomic E-state index is 5.48.